The minimum Gasteiger partial charge on any atom is -0.507 e. The fourth-order valence-electron chi connectivity index (χ4n) is 8.83. The summed E-state index contributed by atoms with van der Waals surface area (Å²) in [5, 5.41) is 67.3. The van der Waals surface area contributed by atoms with E-state index in [-0.39, 0.29) is 48.2 Å². The topological polar surface area (TPSA) is 254 Å². The fraction of sp³-hybridized carbons (Fsp3) is 0.600. The van der Waals surface area contributed by atoms with Gasteiger partial charge in [0.15, 0.2) is 30.4 Å². The van der Waals surface area contributed by atoms with Crippen LogP contribution in [0.2, 0.25) is 0 Å². The lowest BCUT2D eigenvalue weighted by Crippen LogP contribution is -2.55. The first-order chi connectivity index (χ1) is 27.0. The van der Waals surface area contributed by atoms with Crippen LogP contribution in [-0.2, 0) is 42.7 Å². The lowest BCUT2D eigenvalue weighted by molar-refractivity contribution is -0.330. The van der Waals surface area contributed by atoms with Crippen molar-refractivity contribution in [3.8, 4) is 17.2 Å². The summed E-state index contributed by atoms with van der Waals surface area (Å²) in [7, 11) is 1.12. The Kier molecular flexibility index (Phi) is 11.3. The van der Waals surface area contributed by atoms with Crippen molar-refractivity contribution in [3.63, 3.8) is 0 Å². The van der Waals surface area contributed by atoms with E-state index in [9.17, 15) is 49.8 Å². The van der Waals surface area contributed by atoms with Crippen LogP contribution in [0.5, 0.6) is 17.2 Å². The zero-order chi connectivity index (χ0) is 41.2. The Labute approximate surface area is 327 Å². The number of benzene rings is 2. The third kappa shape index (κ3) is 7.23. The molecule has 2 aliphatic carbocycles. The first-order valence-corrected chi connectivity index (χ1v) is 19.1. The second-order valence-electron chi connectivity index (χ2n) is 15.5. The van der Waals surface area contributed by atoms with Crippen LogP contribution in [0.25, 0.3) is 0 Å². The van der Waals surface area contributed by atoms with Gasteiger partial charge in [-0.05, 0) is 51.0 Å². The summed E-state index contributed by atoms with van der Waals surface area (Å²) in [6, 6.07) is 3.28. The average molecular weight is 801 g/mol. The van der Waals surface area contributed by atoms with E-state index in [1.165, 1.54) is 6.07 Å². The number of carbonyl (C=O) groups excluding carboxylic acids is 4. The molecule has 0 bridgehead atoms. The van der Waals surface area contributed by atoms with Gasteiger partial charge in [-0.25, -0.2) is 0 Å². The zero-order valence-corrected chi connectivity index (χ0v) is 32.1. The number of carbonyl (C=O) groups is 4. The number of hydrogen-bond acceptors (Lipinski definition) is 17. The summed E-state index contributed by atoms with van der Waals surface area (Å²) in [6.45, 7) is 6.60. The summed E-state index contributed by atoms with van der Waals surface area (Å²) in [5.41, 5.74) is -3.88. The number of esters is 1. The molecule has 0 amide bonds. The number of ether oxygens (including phenoxy) is 7. The molecule has 2 aromatic carbocycles. The van der Waals surface area contributed by atoms with Crippen molar-refractivity contribution in [2.24, 2.45) is 0 Å². The average Bonchev–Trinajstić information content (AvgIpc) is 3.15. The maximum Gasteiger partial charge on any atom is 0.316 e. The predicted molar refractivity (Wildman–Crippen MR) is 191 cm³/mol. The van der Waals surface area contributed by atoms with Crippen molar-refractivity contribution >= 4 is 23.3 Å². The smallest absolute Gasteiger partial charge is 0.316 e. The van der Waals surface area contributed by atoms with Gasteiger partial charge < -0.3 is 63.8 Å². The van der Waals surface area contributed by atoms with Crippen LogP contribution in [0.15, 0.2) is 18.2 Å². The summed E-state index contributed by atoms with van der Waals surface area (Å²) < 4.78 is 41.3. The van der Waals surface area contributed by atoms with Crippen LogP contribution in [0.1, 0.15) is 121 Å². The molecule has 5 aliphatic rings. The highest BCUT2D eigenvalue weighted by Gasteiger charge is 2.53. The molecule has 57 heavy (non-hydrogen) atoms. The SMILES string of the molecule is CC[C@@]1(O)CC(OC2CC(O)C(OC3CC(O)C(OC4CCC(=O)C(C)O4)C(C)O3)C(C)O2)c2c(cc3c(c2O)C(=O)c2c(O)ccc(O)c2C3=O)C1C(=O)OC. The number of phenols is 3. The van der Waals surface area contributed by atoms with E-state index in [0.717, 1.165) is 19.2 Å². The molecule has 310 valence electrons. The van der Waals surface area contributed by atoms with E-state index in [1.54, 1.807) is 27.7 Å². The number of rotatable bonds is 8. The Morgan fingerprint density at radius 2 is 1.39 bits per heavy atom. The lowest BCUT2D eigenvalue weighted by atomic mass is 9.67. The highest BCUT2D eigenvalue weighted by atomic mass is 16.7. The van der Waals surface area contributed by atoms with Gasteiger partial charge in [-0.2, -0.15) is 0 Å². The van der Waals surface area contributed by atoms with Crippen molar-refractivity contribution in [1.29, 1.82) is 0 Å². The second kappa shape index (κ2) is 15.6. The summed E-state index contributed by atoms with van der Waals surface area (Å²) in [5.74, 6) is -6.15. The van der Waals surface area contributed by atoms with E-state index < -0.39 is 131 Å². The first kappa shape index (κ1) is 41.1. The molecule has 13 atom stereocenters. The van der Waals surface area contributed by atoms with Crippen LogP contribution < -0.4 is 0 Å². The molecule has 6 N–H and O–H groups in total. The molecule has 0 saturated carbocycles. The largest absolute Gasteiger partial charge is 0.507 e. The Bertz CT molecular complexity index is 1920. The van der Waals surface area contributed by atoms with Crippen molar-refractivity contribution in [1.82, 2.24) is 0 Å². The molecular formula is C40H48O17. The Morgan fingerprint density at radius 1 is 0.825 bits per heavy atom. The first-order valence-electron chi connectivity index (χ1n) is 19.1. The maximum absolute atomic E-state index is 13.9. The van der Waals surface area contributed by atoms with E-state index in [0.29, 0.717) is 12.8 Å². The normalized spacial score (nSPS) is 36.6. The van der Waals surface area contributed by atoms with Gasteiger partial charge in [0.2, 0.25) is 5.78 Å². The van der Waals surface area contributed by atoms with E-state index in [1.807, 2.05) is 0 Å². The number of aliphatic hydroxyl groups excluding tert-OH is 2. The monoisotopic (exact) mass is 800 g/mol. The number of fused-ring (bicyclic) bond motifs is 3. The van der Waals surface area contributed by atoms with Crippen LogP contribution in [-0.4, -0.2) is 128 Å². The maximum atomic E-state index is 13.9. The van der Waals surface area contributed by atoms with Gasteiger partial charge in [0.05, 0.1) is 59.9 Å². The summed E-state index contributed by atoms with van der Waals surface area (Å²) in [6.07, 6.45) is -10.0. The van der Waals surface area contributed by atoms with Crippen LogP contribution in [0, 0.1) is 0 Å². The van der Waals surface area contributed by atoms with Crippen molar-refractivity contribution in [2.75, 3.05) is 7.11 Å². The number of ketones is 3. The third-order valence-corrected chi connectivity index (χ3v) is 11.9. The quantitative estimate of drug-likeness (QED) is 0.141. The van der Waals surface area contributed by atoms with Crippen molar-refractivity contribution in [2.45, 2.75) is 145 Å². The number of methoxy groups -OCH3 is 1. The molecule has 7 rings (SSSR count). The lowest BCUT2D eigenvalue weighted by Gasteiger charge is -2.46. The summed E-state index contributed by atoms with van der Waals surface area (Å²) >= 11 is 0. The molecule has 3 aliphatic heterocycles. The minimum atomic E-state index is -1.85. The van der Waals surface area contributed by atoms with E-state index in [4.69, 9.17) is 33.2 Å². The van der Waals surface area contributed by atoms with Crippen molar-refractivity contribution < 1.29 is 83.0 Å². The zero-order valence-electron chi connectivity index (χ0n) is 32.1. The van der Waals surface area contributed by atoms with Gasteiger partial charge in [0, 0.05) is 43.2 Å². The van der Waals surface area contributed by atoms with Gasteiger partial charge in [0.1, 0.15) is 41.5 Å². The molecule has 0 radical (unpaired) electrons. The van der Waals surface area contributed by atoms with Gasteiger partial charge in [-0.15, -0.1) is 0 Å². The standard InChI is InChI=1S/C40H48O17/c1-6-40(50)14-25(29-18(33(40)39(49)51-5)11-19-30(35(29)47)36(48)32-22(43)8-7-21(42)31(32)34(19)46)55-27-12-23(44)38(17(4)53-27)57-28-13-24(45)37(16(3)54-28)56-26-10-9-20(41)15(2)52-26/h7-8,11,15-17,23-28,33,37-38,42-45,47,50H,6,9-10,12-14H2,1-5H3/t15?,16?,17?,23?,24?,25?,26?,27?,28?,33?,37?,38?,40-/m1/s1. The number of phenolic OH excluding ortho intramolecular Hbond substituents is 3. The number of hydrogen-bond donors (Lipinski definition) is 6. The van der Waals surface area contributed by atoms with Gasteiger partial charge in [-0.3, -0.25) is 19.2 Å². The second-order valence-corrected chi connectivity index (χ2v) is 15.5. The van der Waals surface area contributed by atoms with Gasteiger partial charge in [-0.1, -0.05) is 6.92 Å². The van der Waals surface area contributed by atoms with Crippen LogP contribution in [0.4, 0.5) is 0 Å². The van der Waals surface area contributed by atoms with Gasteiger partial charge >= 0.3 is 5.97 Å². The third-order valence-electron chi connectivity index (χ3n) is 11.9. The van der Waals surface area contributed by atoms with Crippen molar-refractivity contribution in [3.05, 3.63) is 51.6 Å². The predicted octanol–water partition coefficient (Wildman–Crippen LogP) is 2.29. The van der Waals surface area contributed by atoms with Crippen LogP contribution in [0.3, 0.4) is 0 Å². The number of aromatic hydroxyl groups is 3. The number of aliphatic hydroxyl groups is 3. The van der Waals surface area contributed by atoms with E-state index >= 15 is 0 Å². The highest BCUT2D eigenvalue weighted by molar-refractivity contribution is 6.31. The molecule has 3 saturated heterocycles. The summed E-state index contributed by atoms with van der Waals surface area (Å²) in [4.78, 5) is 52.8. The molecule has 12 unspecified atom stereocenters. The molecule has 0 spiro atoms. The van der Waals surface area contributed by atoms with Gasteiger partial charge in [0.25, 0.3) is 0 Å². The Balaban J connectivity index is 1.11. The fourth-order valence-corrected chi connectivity index (χ4v) is 8.83. The molecule has 17 nitrogen and oxygen atoms in total. The molecular weight excluding hydrogens is 752 g/mol. The minimum absolute atomic E-state index is 0.00537. The number of Topliss-reactive ketones (excluding diaryl/α,β-unsaturated/α-hetero) is 1. The molecule has 2 aromatic rings. The van der Waals surface area contributed by atoms with E-state index in [2.05, 4.69) is 0 Å². The Hall–Kier alpha value is -4.04. The molecule has 0 aromatic heterocycles. The Morgan fingerprint density at radius 3 is 1.93 bits per heavy atom. The molecule has 17 heteroatoms. The van der Waals surface area contributed by atoms with Crippen LogP contribution >= 0.6 is 0 Å². The highest BCUT2D eigenvalue weighted by Crippen LogP contribution is 2.54. The molecule has 3 fully saturated rings. The molecule has 3 heterocycles.